The zero-order chi connectivity index (χ0) is 12.9. The molecule has 0 bridgehead atoms. The quantitative estimate of drug-likeness (QED) is 0.429. The summed E-state index contributed by atoms with van der Waals surface area (Å²) in [7, 11) is 0. The predicted molar refractivity (Wildman–Crippen MR) is 85.9 cm³/mol. The Morgan fingerprint density at radius 3 is 2.24 bits per heavy atom. The molecule has 0 aliphatic heterocycles. The molecule has 0 aliphatic carbocycles. The molecule has 0 nitrogen and oxygen atoms in total. The van der Waals surface area contributed by atoms with Gasteiger partial charge in [0.15, 0.2) is 0 Å². The van der Waals surface area contributed by atoms with Crippen molar-refractivity contribution >= 4 is 36.5 Å². The average Bonchev–Trinajstić information content (AvgIpc) is 2.29. The Morgan fingerprint density at radius 1 is 1.18 bits per heavy atom. The van der Waals surface area contributed by atoms with E-state index < -0.39 is 4.71 Å². The Labute approximate surface area is 118 Å². The standard InChI is InChI=1S/C14H23PSSe/c1-5-6-12-16-15(17,14(2,3)4)13-10-8-7-9-11-13/h7-11H,5-6,12H2,1-4H3. The van der Waals surface area contributed by atoms with E-state index in [0.717, 1.165) is 0 Å². The molecule has 1 atom stereocenters. The van der Waals surface area contributed by atoms with Crippen molar-refractivity contribution in [1.29, 1.82) is 0 Å². The zero-order valence-electron chi connectivity index (χ0n) is 11.3. The molecule has 0 heterocycles. The first-order chi connectivity index (χ1) is 7.92. The van der Waals surface area contributed by atoms with Gasteiger partial charge in [-0.2, -0.15) is 0 Å². The molecule has 0 radical (unpaired) electrons. The number of benzene rings is 1. The molecule has 96 valence electrons. The average molecular weight is 333 g/mol. The van der Waals surface area contributed by atoms with E-state index in [9.17, 15) is 0 Å². The van der Waals surface area contributed by atoms with Crippen LogP contribution in [0, 0.1) is 0 Å². The van der Waals surface area contributed by atoms with Crippen molar-refractivity contribution < 1.29 is 0 Å². The molecule has 0 spiro atoms. The van der Waals surface area contributed by atoms with Crippen LogP contribution in [0.5, 0.6) is 0 Å². The summed E-state index contributed by atoms with van der Waals surface area (Å²) < 4.78 is -1.24. The van der Waals surface area contributed by atoms with Gasteiger partial charge in [0.05, 0.1) is 0 Å². The normalized spacial score (nSPS) is 15.5. The minimum atomic E-state index is -1.24. The minimum absolute atomic E-state index is 0.326. The van der Waals surface area contributed by atoms with Crippen LogP contribution in [0.15, 0.2) is 30.3 Å². The fraction of sp³-hybridized carbons (Fsp3) is 0.571. The summed E-state index contributed by atoms with van der Waals surface area (Å²) in [5.74, 6) is 1.27. The summed E-state index contributed by atoms with van der Waals surface area (Å²) >= 11 is 5.74. The van der Waals surface area contributed by atoms with E-state index >= 15 is 0 Å². The van der Waals surface area contributed by atoms with Crippen LogP contribution in [0.1, 0.15) is 40.5 Å². The molecule has 3 heteroatoms. The van der Waals surface area contributed by atoms with Crippen molar-refractivity contribution in [2.45, 2.75) is 45.7 Å². The molecule has 1 aromatic carbocycles. The van der Waals surface area contributed by atoms with Crippen LogP contribution in [0.2, 0.25) is 0 Å². The third-order valence-corrected chi connectivity index (χ3v) is 17.0. The molecule has 0 aliphatic rings. The van der Waals surface area contributed by atoms with Crippen LogP contribution < -0.4 is 5.30 Å². The molecule has 1 aromatic rings. The molecule has 1 unspecified atom stereocenters. The van der Waals surface area contributed by atoms with E-state index in [1.54, 1.807) is 0 Å². The van der Waals surface area contributed by atoms with E-state index in [1.165, 1.54) is 23.9 Å². The Kier molecular flexibility index (Phi) is 6.06. The summed E-state index contributed by atoms with van der Waals surface area (Å²) in [6.45, 7) is 9.36. The maximum atomic E-state index is 3.58. The summed E-state index contributed by atoms with van der Waals surface area (Å²) in [4.78, 5) is 0. The topological polar surface area (TPSA) is 0 Å². The molecule has 0 saturated heterocycles. The molecule has 0 saturated carbocycles. The third kappa shape index (κ3) is 4.00. The molecule has 0 aromatic heterocycles. The van der Waals surface area contributed by atoms with Crippen LogP contribution in [0.4, 0.5) is 0 Å². The van der Waals surface area contributed by atoms with Crippen molar-refractivity contribution in [2.75, 3.05) is 5.75 Å². The first kappa shape index (κ1) is 15.6. The second-order valence-corrected chi connectivity index (χ2v) is 16.3. The Balaban J connectivity index is 3.00. The van der Waals surface area contributed by atoms with Gasteiger partial charge in [-0.3, -0.25) is 0 Å². The molecule has 0 amide bonds. The van der Waals surface area contributed by atoms with Gasteiger partial charge in [-0.1, -0.05) is 0 Å². The Bertz CT molecular complexity index is 381. The van der Waals surface area contributed by atoms with Crippen molar-refractivity contribution in [3.63, 3.8) is 0 Å². The predicted octanol–water partition coefficient (Wildman–Crippen LogP) is 4.66. The van der Waals surface area contributed by atoms with Crippen molar-refractivity contribution in [3.8, 4) is 0 Å². The van der Waals surface area contributed by atoms with Gasteiger partial charge in [0, 0.05) is 0 Å². The fourth-order valence-corrected chi connectivity index (χ4v) is 9.47. The third-order valence-electron chi connectivity index (χ3n) is 2.75. The van der Waals surface area contributed by atoms with Gasteiger partial charge in [-0.25, -0.2) is 0 Å². The van der Waals surface area contributed by atoms with Gasteiger partial charge in [0.25, 0.3) is 0 Å². The summed E-state index contributed by atoms with van der Waals surface area (Å²) in [5.41, 5.74) is 0. The van der Waals surface area contributed by atoms with E-state index in [0.29, 0.717) is 5.16 Å². The summed E-state index contributed by atoms with van der Waals surface area (Å²) in [5, 5.41) is 1.83. The number of rotatable bonds is 5. The van der Waals surface area contributed by atoms with Gasteiger partial charge < -0.3 is 0 Å². The second kappa shape index (κ2) is 6.62. The zero-order valence-corrected chi connectivity index (χ0v) is 14.7. The second-order valence-electron chi connectivity index (χ2n) is 5.24. The fourth-order valence-electron chi connectivity index (χ4n) is 1.62. The molecule has 1 rings (SSSR count). The molecule has 0 fully saturated rings. The summed E-state index contributed by atoms with van der Waals surface area (Å²) in [6.07, 6.45) is 2.60. The van der Waals surface area contributed by atoms with Crippen molar-refractivity contribution in [1.82, 2.24) is 0 Å². The van der Waals surface area contributed by atoms with Crippen LogP contribution in [-0.2, 0) is 0 Å². The first-order valence-electron chi connectivity index (χ1n) is 6.22. The summed E-state index contributed by atoms with van der Waals surface area (Å²) in [6, 6.07) is 11.0. The van der Waals surface area contributed by atoms with Crippen molar-refractivity contribution in [2.24, 2.45) is 0 Å². The molecule has 0 N–H and O–H groups in total. The van der Waals surface area contributed by atoms with Gasteiger partial charge >= 0.3 is 118 Å². The molecular weight excluding hydrogens is 310 g/mol. The first-order valence-corrected chi connectivity index (χ1v) is 11.8. The van der Waals surface area contributed by atoms with Crippen LogP contribution in [0.3, 0.4) is 0 Å². The van der Waals surface area contributed by atoms with Crippen LogP contribution in [0.25, 0.3) is 0 Å². The monoisotopic (exact) mass is 334 g/mol. The SMILES string of the molecule is CCCCSP(=[Se])(c1ccccc1)C(C)(C)C. The van der Waals surface area contributed by atoms with Crippen LogP contribution in [-0.4, -0.2) is 26.0 Å². The Hall–Kier alpha value is 0.519. The molecular formula is C14H23PSSe. The number of hydrogen-bond donors (Lipinski definition) is 0. The van der Waals surface area contributed by atoms with E-state index in [1.807, 2.05) is 0 Å². The van der Waals surface area contributed by atoms with Gasteiger partial charge in [-0.15, -0.1) is 0 Å². The van der Waals surface area contributed by atoms with Gasteiger partial charge in [-0.05, 0) is 0 Å². The van der Waals surface area contributed by atoms with E-state index in [4.69, 9.17) is 0 Å². The van der Waals surface area contributed by atoms with E-state index in [2.05, 4.69) is 84.5 Å². The van der Waals surface area contributed by atoms with Crippen LogP contribution >= 0.6 is 16.1 Å². The van der Waals surface area contributed by atoms with Gasteiger partial charge in [0.2, 0.25) is 0 Å². The van der Waals surface area contributed by atoms with E-state index in [-0.39, 0.29) is 0 Å². The maximum absolute atomic E-state index is 3.58. The van der Waals surface area contributed by atoms with Crippen molar-refractivity contribution in [3.05, 3.63) is 30.3 Å². The number of unbranched alkanes of at least 4 members (excludes halogenated alkanes) is 1. The van der Waals surface area contributed by atoms with Gasteiger partial charge in [0.1, 0.15) is 0 Å². The Morgan fingerprint density at radius 2 is 1.76 bits per heavy atom. The number of hydrogen-bond acceptors (Lipinski definition) is 1. The molecule has 17 heavy (non-hydrogen) atoms.